The molecule has 1 fully saturated rings. The molecule has 1 aliphatic carbocycles. The Hall–Kier alpha value is -2.79. The van der Waals surface area contributed by atoms with Gasteiger partial charge in [-0.25, -0.2) is 4.39 Å². The van der Waals surface area contributed by atoms with E-state index in [4.69, 9.17) is 0 Å². The van der Waals surface area contributed by atoms with Crippen LogP contribution in [0.4, 0.5) is 10.1 Å². The lowest BCUT2D eigenvalue weighted by molar-refractivity contribution is -0.114. The first-order valence-electron chi connectivity index (χ1n) is 10.3. The summed E-state index contributed by atoms with van der Waals surface area (Å²) >= 11 is 0. The summed E-state index contributed by atoms with van der Waals surface area (Å²) in [5.74, 6) is -0.532. The summed E-state index contributed by atoms with van der Waals surface area (Å²) in [4.78, 5) is 15.6. The third-order valence-corrected chi connectivity index (χ3v) is 6.39. The molecule has 5 heteroatoms. The van der Waals surface area contributed by atoms with Gasteiger partial charge in [-0.2, -0.15) is 10.1 Å². The highest BCUT2D eigenvalue weighted by atomic mass is 19.1. The first-order valence-corrected chi connectivity index (χ1v) is 10.3. The van der Waals surface area contributed by atoms with E-state index in [1.807, 2.05) is 18.2 Å². The Morgan fingerprint density at radius 1 is 1.10 bits per heavy atom. The van der Waals surface area contributed by atoms with E-state index >= 15 is 0 Å². The van der Waals surface area contributed by atoms with E-state index in [0.717, 1.165) is 18.5 Å². The van der Waals surface area contributed by atoms with Crippen molar-refractivity contribution in [1.29, 1.82) is 0 Å². The van der Waals surface area contributed by atoms with E-state index < -0.39 is 5.82 Å². The minimum absolute atomic E-state index is 0.162. The second-order valence-corrected chi connectivity index (χ2v) is 8.16. The number of anilines is 1. The fourth-order valence-corrected chi connectivity index (χ4v) is 4.81. The molecule has 0 aromatic heterocycles. The fourth-order valence-electron chi connectivity index (χ4n) is 4.81. The number of allylic oxidation sites excluding steroid dienone is 1. The molecule has 2 unspecified atom stereocenters. The summed E-state index contributed by atoms with van der Waals surface area (Å²) in [6.45, 7) is 1.13. The molecular weight excluding hydrogens is 365 g/mol. The molecule has 4 nitrogen and oxygen atoms in total. The highest BCUT2D eigenvalue weighted by Crippen LogP contribution is 2.39. The number of halogens is 1. The molecule has 0 N–H and O–H groups in total. The normalized spacial score (nSPS) is 24.1. The average Bonchev–Trinajstić information content (AvgIpc) is 3.07. The zero-order chi connectivity index (χ0) is 20.0. The van der Waals surface area contributed by atoms with Crippen LogP contribution in [0.25, 0.3) is 0 Å². The van der Waals surface area contributed by atoms with Crippen molar-refractivity contribution in [3.05, 3.63) is 77.1 Å². The molecule has 1 amide bonds. The van der Waals surface area contributed by atoms with Gasteiger partial charge in [0.1, 0.15) is 17.2 Å². The standard InChI is InChI=1S/C24H24FN3O/c1-27-13-7-6-8-17(27)14-16-15-20-23(19-10-3-2-9-18(16)19)26-28(24(20)29)22-12-5-4-11-21(22)25/h2-5,9-12,15-17H,6-8,13-14H2,1H3. The Morgan fingerprint density at radius 3 is 2.72 bits per heavy atom. The van der Waals surface area contributed by atoms with Crippen LogP contribution in [0.1, 0.15) is 42.7 Å². The van der Waals surface area contributed by atoms with Gasteiger partial charge in [0, 0.05) is 17.5 Å². The monoisotopic (exact) mass is 389 g/mol. The maximum absolute atomic E-state index is 14.3. The van der Waals surface area contributed by atoms with Crippen LogP contribution in [-0.2, 0) is 4.79 Å². The van der Waals surface area contributed by atoms with Crippen LogP contribution in [0.3, 0.4) is 0 Å². The van der Waals surface area contributed by atoms with Crippen LogP contribution in [0.5, 0.6) is 0 Å². The van der Waals surface area contributed by atoms with Crippen molar-refractivity contribution >= 4 is 17.3 Å². The van der Waals surface area contributed by atoms with Gasteiger partial charge < -0.3 is 4.90 Å². The topological polar surface area (TPSA) is 35.9 Å². The van der Waals surface area contributed by atoms with Gasteiger partial charge in [-0.3, -0.25) is 4.79 Å². The van der Waals surface area contributed by atoms with Crippen LogP contribution >= 0.6 is 0 Å². The van der Waals surface area contributed by atoms with Gasteiger partial charge in [0.05, 0.1) is 5.57 Å². The van der Waals surface area contributed by atoms with Crippen molar-refractivity contribution in [1.82, 2.24) is 4.90 Å². The van der Waals surface area contributed by atoms with Crippen molar-refractivity contribution in [2.45, 2.75) is 37.6 Å². The molecule has 0 spiro atoms. The number of benzene rings is 2. The van der Waals surface area contributed by atoms with E-state index in [2.05, 4.69) is 29.2 Å². The summed E-state index contributed by atoms with van der Waals surface area (Å²) < 4.78 is 14.3. The van der Waals surface area contributed by atoms with E-state index in [1.54, 1.807) is 18.2 Å². The van der Waals surface area contributed by atoms with E-state index in [-0.39, 0.29) is 17.5 Å². The molecule has 0 saturated carbocycles. The lowest BCUT2D eigenvalue weighted by Gasteiger charge is -2.35. The van der Waals surface area contributed by atoms with Gasteiger partial charge in [0.25, 0.3) is 5.91 Å². The lowest BCUT2D eigenvalue weighted by Crippen LogP contribution is -2.37. The van der Waals surface area contributed by atoms with Crippen molar-refractivity contribution in [3.63, 3.8) is 0 Å². The Kier molecular flexibility index (Phi) is 4.55. The van der Waals surface area contributed by atoms with E-state index in [0.29, 0.717) is 17.3 Å². The fraction of sp³-hybridized carbons (Fsp3) is 0.333. The first kappa shape index (κ1) is 18.3. The third kappa shape index (κ3) is 3.10. The van der Waals surface area contributed by atoms with Gasteiger partial charge >= 0.3 is 0 Å². The molecule has 0 bridgehead atoms. The number of hydrogen-bond donors (Lipinski definition) is 0. The maximum atomic E-state index is 14.3. The first-order chi connectivity index (χ1) is 14.1. The number of rotatable bonds is 3. The number of carbonyl (C=O) groups is 1. The number of likely N-dealkylation sites (tertiary alicyclic amines) is 1. The summed E-state index contributed by atoms with van der Waals surface area (Å²) in [5.41, 5.74) is 3.64. The van der Waals surface area contributed by atoms with Gasteiger partial charge in [-0.05, 0) is 50.6 Å². The highest BCUT2D eigenvalue weighted by Gasteiger charge is 2.38. The summed E-state index contributed by atoms with van der Waals surface area (Å²) in [6, 6.07) is 15.0. The van der Waals surface area contributed by atoms with E-state index in [9.17, 15) is 9.18 Å². The average molecular weight is 389 g/mol. The summed E-state index contributed by atoms with van der Waals surface area (Å²) in [7, 11) is 2.19. The SMILES string of the molecule is CN1CCCCC1CC1C=C2C(=O)N(c3ccccc3F)N=C2c2ccccc21. The number of para-hydroxylation sites is 1. The zero-order valence-corrected chi connectivity index (χ0v) is 16.5. The maximum Gasteiger partial charge on any atom is 0.280 e. The third-order valence-electron chi connectivity index (χ3n) is 6.39. The summed E-state index contributed by atoms with van der Waals surface area (Å²) in [6.07, 6.45) is 6.74. The van der Waals surface area contributed by atoms with Gasteiger partial charge in [-0.15, -0.1) is 0 Å². The van der Waals surface area contributed by atoms with Crippen LogP contribution in [-0.4, -0.2) is 36.2 Å². The van der Waals surface area contributed by atoms with Gasteiger partial charge in [0.2, 0.25) is 0 Å². The Bertz CT molecular complexity index is 1030. The van der Waals surface area contributed by atoms with Gasteiger partial charge in [-0.1, -0.05) is 48.9 Å². The number of hydrazone groups is 1. The van der Waals surface area contributed by atoms with Crippen molar-refractivity contribution in [3.8, 4) is 0 Å². The Labute approximate surface area is 170 Å². The predicted molar refractivity (Wildman–Crippen MR) is 113 cm³/mol. The molecule has 2 aromatic carbocycles. The second-order valence-electron chi connectivity index (χ2n) is 8.16. The molecule has 148 valence electrons. The van der Waals surface area contributed by atoms with Crippen LogP contribution in [0.2, 0.25) is 0 Å². The molecule has 2 aromatic rings. The van der Waals surface area contributed by atoms with Crippen LogP contribution in [0, 0.1) is 5.82 Å². The minimum atomic E-state index is -0.446. The number of nitrogens with zero attached hydrogens (tertiary/aromatic N) is 3. The largest absolute Gasteiger partial charge is 0.303 e. The number of fused-ring (bicyclic) bond motifs is 3. The Balaban J connectivity index is 1.54. The number of carbonyl (C=O) groups excluding carboxylic acids is 1. The number of piperidine rings is 1. The quantitative estimate of drug-likeness (QED) is 0.776. The van der Waals surface area contributed by atoms with Gasteiger partial charge in [0.15, 0.2) is 0 Å². The molecule has 3 aliphatic rings. The molecule has 1 saturated heterocycles. The molecule has 0 radical (unpaired) electrons. The van der Waals surface area contributed by atoms with E-state index in [1.165, 1.54) is 35.9 Å². The van der Waals surface area contributed by atoms with Crippen LogP contribution < -0.4 is 5.01 Å². The molecular formula is C24H24FN3O. The molecule has 2 atom stereocenters. The molecule has 29 heavy (non-hydrogen) atoms. The highest BCUT2D eigenvalue weighted by molar-refractivity contribution is 6.36. The zero-order valence-electron chi connectivity index (χ0n) is 16.5. The molecule has 2 heterocycles. The molecule has 2 aliphatic heterocycles. The predicted octanol–water partition coefficient (Wildman–Crippen LogP) is 4.47. The smallest absolute Gasteiger partial charge is 0.280 e. The molecule has 5 rings (SSSR count). The van der Waals surface area contributed by atoms with Crippen molar-refractivity contribution in [2.24, 2.45) is 5.10 Å². The minimum Gasteiger partial charge on any atom is -0.303 e. The number of amides is 1. The Morgan fingerprint density at radius 2 is 1.90 bits per heavy atom. The van der Waals surface area contributed by atoms with Crippen molar-refractivity contribution in [2.75, 3.05) is 18.6 Å². The van der Waals surface area contributed by atoms with Crippen LogP contribution in [0.15, 0.2) is 65.3 Å². The summed E-state index contributed by atoms with van der Waals surface area (Å²) in [5, 5.41) is 5.75. The second kappa shape index (κ2) is 7.23. The number of hydrogen-bond acceptors (Lipinski definition) is 3. The van der Waals surface area contributed by atoms with Crippen molar-refractivity contribution < 1.29 is 9.18 Å². The lowest BCUT2D eigenvalue weighted by atomic mass is 9.78.